The Balaban J connectivity index is 1.52. The van der Waals surface area contributed by atoms with Gasteiger partial charge in [-0.3, -0.25) is 0 Å². The Morgan fingerprint density at radius 2 is 2.12 bits per heavy atom. The van der Waals surface area contributed by atoms with Crippen LogP contribution in [0.3, 0.4) is 0 Å². The molecule has 0 amide bonds. The molecule has 0 radical (unpaired) electrons. The van der Waals surface area contributed by atoms with Crippen LogP contribution in [-0.4, -0.2) is 26.3 Å². The highest BCUT2D eigenvalue weighted by Gasteiger charge is 2.12. The predicted molar refractivity (Wildman–Crippen MR) is 67.6 cm³/mol. The van der Waals surface area contributed by atoms with Gasteiger partial charge in [-0.15, -0.1) is 0 Å². The van der Waals surface area contributed by atoms with Gasteiger partial charge in [0.25, 0.3) is 0 Å². The average molecular weight is 223 g/mol. The number of ether oxygens (including phenoxy) is 1. The van der Waals surface area contributed by atoms with Crippen molar-refractivity contribution >= 4 is 0 Å². The van der Waals surface area contributed by atoms with Gasteiger partial charge in [-0.2, -0.15) is 0 Å². The van der Waals surface area contributed by atoms with Gasteiger partial charge < -0.3 is 10.1 Å². The van der Waals surface area contributed by atoms with Crippen LogP contribution in [0.2, 0.25) is 0 Å². The van der Waals surface area contributed by atoms with Gasteiger partial charge in [-0.1, -0.05) is 30.9 Å². The highest BCUT2D eigenvalue weighted by Crippen LogP contribution is 2.22. The standard InChI is InChI=1S/C14H25NO/c1-2-4-14(5-3-1)12-15-9-6-13-7-10-16-11-8-13/h7,14-15H,1-6,8-12H2. The Bertz CT molecular complexity index is 219. The van der Waals surface area contributed by atoms with Crippen LogP contribution in [0.4, 0.5) is 0 Å². The molecule has 1 heterocycles. The maximum absolute atomic E-state index is 5.30. The Labute approximate surface area is 99.4 Å². The van der Waals surface area contributed by atoms with Crippen molar-refractivity contribution in [2.24, 2.45) is 5.92 Å². The number of rotatable bonds is 5. The third kappa shape index (κ3) is 4.26. The zero-order chi connectivity index (χ0) is 11.1. The largest absolute Gasteiger partial charge is 0.377 e. The molecule has 1 aliphatic heterocycles. The summed E-state index contributed by atoms with van der Waals surface area (Å²) in [6, 6.07) is 0. The van der Waals surface area contributed by atoms with Crippen LogP contribution in [0.15, 0.2) is 11.6 Å². The lowest BCUT2D eigenvalue weighted by atomic mass is 9.89. The van der Waals surface area contributed by atoms with Gasteiger partial charge in [0, 0.05) is 0 Å². The van der Waals surface area contributed by atoms with Gasteiger partial charge in [0.05, 0.1) is 13.2 Å². The first kappa shape index (κ1) is 12.1. The summed E-state index contributed by atoms with van der Waals surface area (Å²) in [4.78, 5) is 0. The van der Waals surface area contributed by atoms with E-state index >= 15 is 0 Å². The van der Waals surface area contributed by atoms with Crippen molar-refractivity contribution in [2.75, 3.05) is 26.3 Å². The summed E-state index contributed by atoms with van der Waals surface area (Å²) >= 11 is 0. The molecule has 1 saturated carbocycles. The molecule has 0 aromatic heterocycles. The lowest BCUT2D eigenvalue weighted by Crippen LogP contribution is -2.25. The first-order valence-electron chi connectivity index (χ1n) is 6.91. The third-order valence-electron chi connectivity index (χ3n) is 3.84. The van der Waals surface area contributed by atoms with E-state index < -0.39 is 0 Å². The zero-order valence-electron chi connectivity index (χ0n) is 10.3. The van der Waals surface area contributed by atoms with E-state index in [1.807, 2.05) is 0 Å². The quantitative estimate of drug-likeness (QED) is 0.571. The van der Waals surface area contributed by atoms with Crippen molar-refractivity contribution in [2.45, 2.75) is 44.9 Å². The molecular weight excluding hydrogens is 198 g/mol. The Morgan fingerprint density at radius 1 is 1.25 bits per heavy atom. The SMILES string of the molecule is C1=C(CCNCC2CCCCC2)CCOC1. The Hall–Kier alpha value is -0.340. The molecule has 1 fully saturated rings. The molecule has 92 valence electrons. The van der Waals surface area contributed by atoms with Gasteiger partial charge in [-0.05, 0) is 44.7 Å². The smallest absolute Gasteiger partial charge is 0.0650 e. The molecule has 2 aliphatic rings. The number of nitrogens with one attached hydrogen (secondary N) is 1. The molecule has 2 rings (SSSR count). The maximum Gasteiger partial charge on any atom is 0.0650 e. The highest BCUT2D eigenvalue weighted by molar-refractivity contribution is 5.04. The lowest BCUT2D eigenvalue weighted by molar-refractivity contribution is 0.153. The molecule has 0 unspecified atom stereocenters. The molecule has 0 aromatic carbocycles. The molecule has 0 saturated heterocycles. The van der Waals surface area contributed by atoms with Crippen LogP contribution in [0.25, 0.3) is 0 Å². The van der Waals surface area contributed by atoms with E-state index in [2.05, 4.69) is 11.4 Å². The molecule has 0 spiro atoms. The topological polar surface area (TPSA) is 21.3 Å². The molecule has 1 aliphatic carbocycles. The second-order valence-corrected chi connectivity index (χ2v) is 5.15. The van der Waals surface area contributed by atoms with Gasteiger partial charge in [0.2, 0.25) is 0 Å². The summed E-state index contributed by atoms with van der Waals surface area (Å²) in [5, 5.41) is 3.62. The van der Waals surface area contributed by atoms with E-state index in [4.69, 9.17) is 4.74 Å². The van der Waals surface area contributed by atoms with Crippen molar-refractivity contribution in [1.82, 2.24) is 5.32 Å². The van der Waals surface area contributed by atoms with Gasteiger partial charge >= 0.3 is 0 Å². The lowest BCUT2D eigenvalue weighted by Gasteiger charge is -2.22. The summed E-state index contributed by atoms with van der Waals surface area (Å²) in [5.74, 6) is 0.956. The molecule has 16 heavy (non-hydrogen) atoms. The number of hydrogen-bond donors (Lipinski definition) is 1. The van der Waals surface area contributed by atoms with Crippen molar-refractivity contribution < 1.29 is 4.74 Å². The molecule has 0 aromatic rings. The summed E-state index contributed by atoms with van der Waals surface area (Å²) in [6.45, 7) is 4.15. The summed E-state index contributed by atoms with van der Waals surface area (Å²) in [5.41, 5.74) is 1.59. The van der Waals surface area contributed by atoms with Crippen LogP contribution < -0.4 is 5.32 Å². The van der Waals surface area contributed by atoms with Crippen LogP contribution in [-0.2, 0) is 4.74 Å². The summed E-state index contributed by atoms with van der Waals surface area (Å²) in [7, 11) is 0. The zero-order valence-corrected chi connectivity index (χ0v) is 10.3. The van der Waals surface area contributed by atoms with Gasteiger partial charge in [0.15, 0.2) is 0 Å². The monoisotopic (exact) mass is 223 g/mol. The van der Waals surface area contributed by atoms with Crippen LogP contribution in [0.1, 0.15) is 44.9 Å². The minimum Gasteiger partial charge on any atom is -0.377 e. The predicted octanol–water partition coefficient (Wildman–Crippen LogP) is 2.89. The maximum atomic E-state index is 5.30. The minimum atomic E-state index is 0.831. The Morgan fingerprint density at radius 3 is 2.88 bits per heavy atom. The fraction of sp³-hybridized carbons (Fsp3) is 0.857. The summed E-state index contributed by atoms with van der Waals surface area (Å²) < 4.78 is 5.30. The van der Waals surface area contributed by atoms with E-state index in [-0.39, 0.29) is 0 Å². The molecule has 1 N–H and O–H groups in total. The second kappa shape index (κ2) is 7.08. The van der Waals surface area contributed by atoms with Crippen molar-refractivity contribution in [3.05, 3.63) is 11.6 Å². The fourth-order valence-electron chi connectivity index (χ4n) is 2.74. The minimum absolute atomic E-state index is 0.831. The highest BCUT2D eigenvalue weighted by atomic mass is 16.5. The van der Waals surface area contributed by atoms with Crippen molar-refractivity contribution in [3.8, 4) is 0 Å². The van der Waals surface area contributed by atoms with E-state index in [0.717, 1.165) is 32.1 Å². The van der Waals surface area contributed by atoms with Crippen LogP contribution >= 0.6 is 0 Å². The normalized spacial score (nSPS) is 23.1. The molecule has 0 bridgehead atoms. The number of hydrogen-bond acceptors (Lipinski definition) is 2. The van der Waals surface area contributed by atoms with Crippen LogP contribution in [0, 0.1) is 5.92 Å². The van der Waals surface area contributed by atoms with Crippen LogP contribution in [0.5, 0.6) is 0 Å². The second-order valence-electron chi connectivity index (χ2n) is 5.15. The van der Waals surface area contributed by atoms with E-state index in [1.165, 1.54) is 45.1 Å². The van der Waals surface area contributed by atoms with E-state index in [1.54, 1.807) is 5.57 Å². The summed E-state index contributed by atoms with van der Waals surface area (Å²) in [6.07, 6.45) is 11.9. The molecule has 2 heteroatoms. The average Bonchev–Trinajstić information content (AvgIpc) is 2.37. The Kier molecular flexibility index (Phi) is 5.36. The first-order chi connectivity index (χ1) is 7.95. The van der Waals surface area contributed by atoms with E-state index in [0.29, 0.717) is 0 Å². The first-order valence-corrected chi connectivity index (χ1v) is 6.91. The third-order valence-corrected chi connectivity index (χ3v) is 3.84. The molecule has 2 nitrogen and oxygen atoms in total. The van der Waals surface area contributed by atoms with Gasteiger partial charge in [-0.25, -0.2) is 0 Å². The van der Waals surface area contributed by atoms with Crippen molar-refractivity contribution in [1.29, 1.82) is 0 Å². The molecule has 0 atom stereocenters. The van der Waals surface area contributed by atoms with E-state index in [9.17, 15) is 0 Å². The fourth-order valence-corrected chi connectivity index (χ4v) is 2.74. The molecular formula is C14H25NO. The van der Waals surface area contributed by atoms with Crippen molar-refractivity contribution in [3.63, 3.8) is 0 Å². The van der Waals surface area contributed by atoms with Gasteiger partial charge in [0.1, 0.15) is 0 Å².